The van der Waals surface area contributed by atoms with Crippen LogP contribution in [0.3, 0.4) is 0 Å². The Hall–Kier alpha value is -2.06. The van der Waals surface area contributed by atoms with Crippen molar-refractivity contribution in [1.82, 2.24) is 24.6 Å². The van der Waals surface area contributed by atoms with Gasteiger partial charge in [0.15, 0.2) is 0 Å². The molecule has 0 atom stereocenters. The van der Waals surface area contributed by atoms with E-state index in [0.717, 1.165) is 51.4 Å². The summed E-state index contributed by atoms with van der Waals surface area (Å²) in [5, 5.41) is 0. The van der Waals surface area contributed by atoms with Crippen molar-refractivity contribution in [3.8, 4) is 0 Å². The van der Waals surface area contributed by atoms with Crippen molar-refractivity contribution in [2.75, 3.05) is 65.4 Å². The zero-order chi connectivity index (χ0) is 20.4. The lowest BCUT2D eigenvalue weighted by atomic mass is 9.91. The Morgan fingerprint density at radius 3 is 2.41 bits per heavy atom. The van der Waals surface area contributed by atoms with Crippen molar-refractivity contribution < 1.29 is 14.3 Å². The zero-order valence-electron chi connectivity index (χ0n) is 17.7. The normalized spacial score (nSPS) is 23.0. The number of piperazine rings is 1. The number of carbonyl (C=O) groups is 2. The molecule has 8 nitrogen and oxygen atoms in total. The molecule has 1 aromatic rings. The van der Waals surface area contributed by atoms with Crippen LogP contribution in [0, 0.1) is 6.92 Å². The van der Waals surface area contributed by atoms with Gasteiger partial charge >= 0.3 is 6.09 Å². The molecule has 3 saturated heterocycles. The summed E-state index contributed by atoms with van der Waals surface area (Å²) < 4.78 is 5.83. The molecule has 160 valence electrons. The summed E-state index contributed by atoms with van der Waals surface area (Å²) in [4.78, 5) is 36.7. The van der Waals surface area contributed by atoms with Crippen LogP contribution in [-0.2, 0) is 4.74 Å². The highest BCUT2D eigenvalue weighted by molar-refractivity contribution is 5.92. The molecule has 3 aliphatic heterocycles. The molecule has 0 aromatic carbocycles. The first-order valence-corrected chi connectivity index (χ1v) is 10.8. The van der Waals surface area contributed by atoms with Crippen LogP contribution in [-0.4, -0.2) is 108 Å². The number of likely N-dealkylation sites (N-methyl/N-ethyl adjacent to an activating group) is 1. The van der Waals surface area contributed by atoms with E-state index in [1.165, 1.54) is 0 Å². The van der Waals surface area contributed by atoms with Crippen LogP contribution in [0.15, 0.2) is 12.3 Å². The fourth-order valence-electron chi connectivity index (χ4n) is 4.63. The number of amides is 2. The van der Waals surface area contributed by atoms with Crippen molar-refractivity contribution in [2.24, 2.45) is 0 Å². The molecule has 0 saturated carbocycles. The molecule has 0 radical (unpaired) electrons. The zero-order valence-corrected chi connectivity index (χ0v) is 17.7. The lowest BCUT2D eigenvalue weighted by molar-refractivity contribution is 0.00297. The molecular weight excluding hydrogens is 370 g/mol. The molecule has 0 aliphatic carbocycles. The second-order valence-electron chi connectivity index (χ2n) is 8.63. The molecule has 8 heteroatoms. The van der Waals surface area contributed by atoms with E-state index in [-0.39, 0.29) is 12.0 Å². The van der Waals surface area contributed by atoms with E-state index >= 15 is 0 Å². The van der Waals surface area contributed by atoms with Crippen LogP contribution in [0.2, 0.25) is 0 Å². The standard InChI is InChI=1S/C21H33N5O3/c1-3-23-8-10-24(11-9-23)12-13-26-16-21(29-20(26)28)4-6-25(7-5-21)19(27)18-14-17(2)15-22-18/h14-15,22H,3-13,16H2,1-2H3. The predicted octanol–water partition coefficient (Wildman–Crippen LogP) is 1.39. The predicted molar refractivity (Wildman–Crippen MR) is 110 cm³/mol. The van der Waals surface area contributed by atoms with Crippen LogP contribution in [0.5, 0.6) is 0 Å². The van der Waals surface area contributed by atoms with Crippen LogP contribution in [0.4, 0.5) is 4.79 Å². The summed E-state index contributed by atoms with van der Waals surface area (Å²) >= 11 is 0. The van der Waals surface area contributed by atoms with E-state index in [0.29, 0.717) is 38.2 Å². The van der Waals surface area contributed by atoms with Crippen molar-refractivity contribution in [1.29, 1.82) is 0 Å². The fraction of sp³-hybridized carbons (Fsp3) is 0.714. The maximum atomic E-state index is 12.6. The Morgan fingerprint density at radius 1 is 1.10 bits per heavy atom. The fourth-order valence-corrected chi connectivity index (χ4v) is 4.63. The molecule has 29 heavy (non-hydrogen) atoms. The number of H-pyrrole nitrogens is 1. The minimum atomic E-state index is -0.430. The summed E-state index contributed by atoms with van der Waals surface area (Å²) in [5.74, 6) is 0.0281. The maximum absolute atomic E-state index is 12.6. The third-order valence-corrected chi connectivity index (χ3v) is 6.66. The van der Waals surface area contributed by atoms with E-state index in [1.54, 1.807) is 0 Å². The molecule has 0 unspecified atom stereocenters. The quantitative estimate of drug-likeness (QED) is 0.804. The third-order valence-electron chi connectivity index (χ3n) is 6.66. The number of aryl methyl sites for hydroxylation is 1. The smallest absolute Gasteiger partial charge is 0.410 e. The molecule has 3 aliphatic rings. The number of likely N-dealkylation sites (tertiary alicyclic amines) is 1. The van der Waals surface area contributed by atoms with Crippen molar-refractivity contribution in [3.05, 3.63) is 23.5 Å². The largest absolute Gasteiger partial charge is 0.441 e. The summed E-state index contributed by atoms with van der Waals surface area (Å²) in [6.45, 7) is 13.1. The maximum Gasteiger partial charge on any atom is 0.410 e. The highest BCUT2D eigenvalue weighted by atomic mass is 16.6. The summed E-state index contributed by atoms with van der Waals surface area (Å²) in [7, 11) is 0. The average molecular weight is 404 g/mol. The Kier molecular flexibility index (Phi) is 5.83. The first-order valence-electron chi connectivity index (χ1n) is 10.8. The number of rotatable bonds is 5. The van der Waals surface area contributed by atoms with Gasteiger partial charge in [-0.3, -0.25) is 9.69 Å². The van der Waals surface area contributed by atoms with E-state index in [1.807, 2.05) is 29.0 Å². The van der Waals surface area contributed by atoms with Gasteiger partial charge in [0.1, 0.15) is 11.3 Å². The molecule has 1 spiro atoms. The average Bonchev–Trinajstić information content (AvgIpc) is 3.30. The van der Waals surface area contributed by atoms with Crippen LogP contribution in [0.25, 0.3) is 0 Å². The van der Waals surface area contributed by atoms with E-state index in [9.17, 15) is 9.59 Å². The van der Waals surface area contributed by atoms with Gasteiger partial charge in [0.2, 0.25) is 0 Å². The number of aromatic amines is 1. The number of piperidine rings is 1. The summed E-state index contributed by atoms with van der Waals surface area (Å²) in [6.07, 6.45) is 3.06. The van der Waals surface area contributed by atoms with E-state index in [2.05, 4.69) is 21.7 Å². The number of nitrogens with one attached hydrogen (secondary N) is 1. The van der Waals surface area contributed by atoms with Crippen LogP contribution >= 0.6 is 0 Å². The van der Waals surface area contributed by atoms with Gasteiger partial charge in [-0.25, -0.2) is 4.79 Å². The molecule has 1 aromatic heterocycles. The number of hydrogen-bond acceptors (Lipinski definition) is 5. The Morgan fingerprint density at radius 2 is 1.79 bits per heavy atom. The first-order chi connectivity index (χ1) is 14.0. The molecule has 3 fully saturated rings. The van der Waals surface area contributed by atoms with Gasteiger partial charge in [-0.05, 0) is 25.1 Å². The van der Waals surface area contributed by atoms with Gasteiger partial charge in [0.05, 0.1) is 6.54 Å². The molecule has 1 N–H and O–H groups in total. The Bertz CT molecular complexity index is 732. The lowest BCUT2D eigenvalue weighted by Gasteiger charge is -2.37. The Labute approximate surface area is 172 Å². The lowest BCUT2D eigenvalue weighted by Crippen LogP contribution is -2.50. The van der Waals surface area contributed by atoms with Gasteiger partial charge < -0.3 is 24.4 Å². The van der Waals surface area contributed by atoms with Gasteiger partial charge in [-0.15, -0.1) is 0 Å². The number of ether oxygens (including phenoxy) is 1. The molecule has 4 rings (SSSR count). The number of aromatic nitrogens is 1. The molecular formula is C21H33N5O3. The van der Waals surface area contributed by atoms with Crippen molar-refractivity contribution in [3.63, 3.8) is 0 Å². The number of carbonyl (C=O) groups excluding carboxylic acids is 2. The minimum Gasteiger partial charge on any atom is -0.441 e. The van der Waals surface area contributed by atoms with Gasteiger partial charge in [-0.2, -0.15) is 0 Å². The van der Waals surface area contributed by atoms with Crippen molar-refractivity contribution >= 4 is 12.0 Å². The minimum absolute atomic E-state index is 0.0281. The first kappa shape index (κ1) is 20.2. The molecule has 2 amide bonds. The van der Waals surface area contributed by atoms with Gasteiger partial charge in [0, 0.05) is 71.4 Å². The topological polar surface area (TPSA) is 72.1 Å². The number of nitrogens with zero attached hydrogens (tertiary/aromatic N) is 4. The van der Waals surface area contributed by atoms with E-state index in [4.69, 9.17) is 4.74 Å². The van der Waals surface area contributed by atoms with Crippen molar-refractivity contribution in [2.45, 2.75) is 32.3 Å². The SMILES string of the molecule is CCN1CCN(CCN2CC3(CCN(C(=O)c4cc(C)c[nH]4)CC3)OC2=O)CC1. The third kappa shape index (κ3) is 4.43. The highest BCUT2D eigenvalue weighted by Gasteiger charge is 2.47. The van der Waals surface area contributed by atoms with E-state index < -0.39 is 5.60 Å². The summed E-state index contributed by atoms with van der Waals surface area (Å²) in [5.41, 5.74) is 1.26. The molecule has 0 bridgehead atoms. The van der Waals surface area contributed by atoms with Gasteiger partial charge in [-0.1, -0.05) is 6.92 Å². The number of hydrogen-bond donors (Lipinski definition) is 1. The van der Waals surface area contributed by atoms with Crippen LogP contribution < -0.4 is 0 Å². The summed E-state index contributed by atoms with van der Waals surface area (Å²) in [6, 6.07) is 1.88. The second-order valence-corrected chi connectivity index (χ2v) is 8.63. The monoisotopic (exact) mass is 403 g/mol. The Balaban J connectivity index is 1.25. The van der Waals surface area contributed by atoms with Crippen LogP contribution in [0.1, 0.15) is 35.8 Å². The molecule has 4 heterocycles. The van der Waals surface area contributed by atoms with Gasteiger partial charge in [0.25, 0.3) is 5.91 Å². The second kappa shape index (κ2) is 8.36. The highest BCUT2D eigenvalue weighted by Crippen LogP contribution is 2.33.